The molecule has 19 heteroatoms. The summed E-state index contributed by atoms with van der Waals surface area (Å²) in [5.41, 5.74) is 0.510. The van der Waals surface area contributed by atoms with Gasteiger partial charge in [-0.3, -0.25) is 4.79 Å². The Morgan fingerprint density at radius 1 is 0.871 bits per heavy atom. The van der Waals surface area contributed by atoms with Gasteiger partial charge in [0.2, 0.25) is 0 Å². The van der Waals surface area contributed by atoms with Crippen LogP contribution < -0.4 is 0 Å². The Hall–Kier alpha value is -3.85. The SMILES string of the molecule is CCc1c(Cl)c(O)c(Cl)c(O)c1C(=O)O[C@H]1[C@H](O)[C@H](O)[C@H](OC/C2=C\C=C\C[C@H](O)/C(C)=C/[C@H](CC)[C@@H](O[C@@H]3OC(C)(C)[C@@H](OC(=O)C(C)C)[C@H](O)[C@@H]3O)/C(C)=C/C(C)=C/C[C@@H](CC)OC2=O)O[C@@H]1C. The molecule has 1 aromatic carbocycles. The first-order valence-corrected chi connectivity index (χ1v) is 24.5. The average Bonchev–Trinajstić information content (AvgIpc) is 3.31. The predicted molar refractivity (Wildman–Crippen MR) is 259 cm³/mol. The molecule has 0 aliphatic carbocycles. The van der Waals surface area contributed by atoms with E-state index in [-0.39, 0.29) is 34.9 Å². The number of ether oxygens (including phenoxy) is 7. The molecule has 3 aliphatic heterocycles. The lowest BCUT2D eigenvalue weighted by Crippen LogP contribution is -2.64. The van der Waals surface area contributed by atoms with Gasteiger partial charge in [-0.05, 0) is 90.0 Å². The van der Waals surface area contributed by atoms with Gasteiger partial charge in [0.15, 0.2) is 36.3 Å². The van der Waals surface area contributed by atoms with Crippen LogP contribution >= 0.6 is 23.2 Å². The molecule has 0 amide bonds. The second-order valence-corrected chi connectivity index (χ2v) is 19.7. The molecule has 0 radical (unpaired) electrons. The number of halogens is 2. The minimum absolute atomic E-state index is 0.0139. The van der Waals surface area contributed by atoms with Gasteiger partial charge >= 0.3 is 17.9 Å². The van der Waals surface area contributed by atoms with E-state index in [1.807, 2.05) is 45.9 Å². The normalized spacial score (nSPS) is 35.0. The Morgan fingerprint density at radius 3 is 2.14 bits per heavy atom. The number of cyclic esters (lactones) is 1. The van der Waals surface area contributed by atoms with Gasteiger partial charge in [0.1, 0.15) is 46.7 Å². The van der Waals surface area contributed by atoms with Crippen molar-refractivity contribution in [3.8, 4) is 11.5 Å². The minimum Gasteiger partial charge on any atom is -0.505 e. The first kappa shape index (κ1) is 58.7. The Morgan fingerprint density at radius 2 is 1.53 bits per heavy atom. The molecule has 0 spiro atoms. The fourth-order valence-corrected chi connectivity index (χ4v) is 8.91. The average molecular weight is 1030 g/mol. The highest BCUT2D eigenvalue weighted by Gasteiger charge is 2.53. The number of carbonyl (C=O) groups excluding carboxylic acids is 3. The maximum Gasteiger partial charge on any atom is 0.342 e. The van der Waals surface area contributed by atoms with Gasteiger partial charge in [-0.25, -0.2) is 9.59 Å². The van der Waals surface area contributed by atoms with Gasteiger partial charge in [-0.1, -0.05) is 93.8 Å². The van der Waals surface area contributed by atoms with Crippen molar-refractivity contribution in [1.29, 1.82) is 0 Å². The molecule has 3 aliphatic rings. The summed E-state index contributed by atoms with van der Waals surface area (Å²) in [6.45, 7) is 18.5. The standard InChI is InChI=1S/C51H72Cl2O17/c1-12-29-22-26(7)33(54)18-16-15-17-30(23-64-49-41(59)39(57)44(28(9)65-49)67-48(63)34-32(14-3)35(52)38(56)36(53)37(34)55)47(62)66-31(13-2)20-19-25(6)21-27(8)43(29)68-50-42(60)40(58)45(51(10,11)70-50)69-46(61)24(4)5/h15-17,19,21-22,24,28-29,31,33,39-45,49-50,54-60H,12-14,18,20,23H2,1-11H3/b16-15+,25-19+,26-22+,27-21+,30-17+/t28-,29+,31-,33+,39-,40-,41+,42+,43+,44-,45+,49-,50-/m1/s1. The number of rotatable bonds is 12. The van der Waals surface area contributed by atoms with Crippen LogP contribution in [0.4, 0.5) is 0 Å². The van der Waals surface area contributed by atoms with E-state index in [9.17, 15) is 50.1 Å². The van der Waals surface area contributed by atoms with E-state index in [1.165, 1.54) is 13.0 Å². The summed E-state index contributed by atoms with van der Waals surface area (Å²) in [6, 6.07) is 0. The molecule has 392 valence electrons. The van der Waals surface area contributed by atoms with Gasteiger partial charge in [0.25, 0.3) is 0 Å². The second kappa shape index (κ2) is 25.7. The maximum atomic E-state index is 13.8. The lowest BCUT2D eigenvalue weighted by molar-refractivity contribution is -0.333. The van der Waals surface area contributed by atoms with Crippen molar-refractivity contribution in [2.45, 2.75) is 187 Å². The van der Waals surface area contributed by atoms with E-state index in [0.717, 1.165) is 11.1 Å². The molecule has 0 unspecified atom stereocenters. The van der Waals surface area contributed by atoms with Crippen LogP contribution in [0.15, 0.2) is 58.7 Å². The zero-order valence-corrected chi connectivity index (χ0v) is 43.3. The molecule has 13 atom stereocenters. The fraction of sp³-hybridized carbons (Fsp3) is 0.627. The Bertz CT molecular complexity index is 2160. The summed E-state index contributed by atoms with van der Waals surface area (Å²) in [5.74, 6) is -4.68. The number of hydrogen-bond acceptors (Lipinski definition) is 17. The first-order chi connectivity index (χ1) is 32.8. The monoisotopic (exact) mass is 1030 g/mol. The van der Waals surface area contributed by atoms with Crippen molar-refractivity contribution < 1.29 is 83.3 Å². The molecule has 70 heavy (non-hydrogen) atoms. The van der Waals surface area contributed by atoms with E-state index in [2.05, 4.69) is 0 Å². The van der Waals surface area contributed by atoms with Crippen molar-refractivity contribution in [2.75, 3.05) is 6.61 Å². The molecule has 0 aromatic heterocycles. The predicted octanol–water partition coefficient (Wildman–Crippen LogP) is 6.61. The number of aromatic hydroxyl groups is 2. The third-order valence-corrected chi connectivity index (χ3v) is 13.5. The molecular weight excluding hydrogens is 955 g/mol. The highest BCUT2D eigenvalue weighted by Crippen LogP contribution is 2.45. The van der Waals surface area contributed by atoms with Crippen LogP contribution in [0, 0.1) is 11.8 Å². The zero-order valence-electron chi connectivity index (χ0n) is 41.8. The molecule has 2 saturated heterocycles. The Kier molecular flexibility index (Phi) is 21.6. The molecule has 0 saturated carbocycles. The number of benzene rings is 1. The van der Waals surface area contributed by atoms with Crippen molar-refractivity contribution in [2.24, 2.45) is 11.8 Å². The van der Waals surface area contributed by atoms with E-state index in [4.69, 9.17) is 56.4 Å². The van der Waals surface area contributed by atoms with Crippen LogP contribution in [0.2, 0.25) is 10.0 Å². The number of hydrogen-bond donors (Lipinski definition) is 7. The Balaban J connectivity index is 1.56. The van der Waals surface area contributed by atoms with Gasteiger partial charge in [0.05, 0.1) is 41.4 Å². The number of phenolic OH excluding ortho intramolecular Hbond substituents is 2. The molecule has 2 fully saturated rings. The lowest BCUT2D eigenvalue weighted by Gasteiger charge is -2.47. The number of phenols is 2. The fourth-order valence-electron chi connectivity index (χ4n) is 8.35. The number of allylic oxidation sites excluding steroid dienone is 4. The number of aliphatic hydroxyl groups is 5. The van der Waals surface area contributed by atoms with Crippen molar-refractivity contribution >= 4 is 41.1 Å². The van der Waals surface area contributed by atoms with Crippen LogP contribution in [0.25, 0.3) is 0 Å². The summed E-state index contributed by atoms with van der Waals surface area (Å²) in [7, 11) is 0. The minimum atomic E-state index is -1.80. The van der Waals surface area contributed by atoms with Crippen LogP contribution in [0.3, 0.4) is 0 Å². The maximum absolute atomic E-state index is 13.8. The molecule has 4 rings (SSSR count). The topological polar surface area (TPSA) is 257 Å². The molecular formula is C51H72Cl2O17. The van der Waals surface area contributed by atoms with Crippen molar-refractivity contribution in [1.82, 2.24) is 0 Å². The largest absolute Gasteiger partial charge is 0.505 e. The quantitative estimate of drug-likeness (QED) is 0.0660. The Labute approximate surface area is 420 Å². The van der Waals surface area contributed by atoms with Crippen LogP contribution in [0.1, 0.15) is 118 Å². The molecule has 17 nitrogen and oxygen atoms in total. The van der Waals surface area contributed by atoms with E-state index in [0.29, 0.717) is 24.8 Å². The van der Waals surface area contributed by atoms with Crippen molar-refractivity contribution in [3.63, 3.8) is 0 Å². The third-order valence-electron chi connectivity index (χ3n) is 12.7. The molecule has 7 N–H and O–H groups in total. The number of aliphatic hydroxyl groups excluding tert-OH is 5. The highest BCUT2D eigenvalue weighted by atomic mass is 35.5. The summed E-state index contributed by atoms with van der Waals surface area (Å²) >= 11 is 12.2. The van der Waals surface area contributed by atoms with Crippen LogP contribution in [0.5, 0.6) is 11.5 Å². The van der Waals surface area contributed by atoms with Crippen LogP contribution in [-0.2, 0) is 49.2 Å². The smallest absolute Gasteiger partial charge is 0.342 e. The van der Waals surface area contributed by atoms with Crippen molar-refractivity contribution in [3.05, 3.63) is 79.9 Å². The summed E-state index contributed by atoms with van der Waals surface area (Å²) < 4.78 is 41.6. The molecule has 3 heterocycles. The van der Waals surface area contributed by atoms with E-state index >= 15 is 0 Å². The van der Waals surface area contributed by atoms with E-state index < -0.39 is 132 Å². The van der Waals surface area contributed by atoms with Gasteiger partial charge in [-0.2, -0.15) is 0 Å². The summed E-state index contributed by atoms with van der Waals surface area (Å²) in [6.07, 6.45) is -3.75. The van der Waals surface area contributed by atoms with Gasteiger partial charge in [-0.15, -0.1) is 0 Å². The zero-order chi connectivity index (χ0) is 52.5. The lowest BCUT2D eigenvalue weighted by atomic mass is 9.88. The van der Waals surface area contributed by atoms with Crippen LogP contribution in [-0.4, -0.2) is 139 Å². The molecule has 0 bridgehead atoms. The van der Waals surface area contributed by atoms with Gasteiger partial charge in [0, 0.05) is 12.3 Å². The number of carbonyl (C=O) groups is 3. The highest BCUT2D eigenvalue weighted by molar-refractivity contribution is 6.39. The summed E-state index contributed by atoms with van der Waals surface area (Å²) in [5, 5.41) is 76.2. The molecule has 1 aromatic rings. The number of esters is 3. The van der Waals surface area contributed by atoms with E-state index in [1.54, 1.807) is 53.7 Å². The van der Waals surface area contributed by atoms with Gasteiger partial charge < -0.3 is 68.9 Å². The third kappa shape index (κ3) is 14.2. The second-order valence-electron chi connectivity index (χ2n) is 18.9. The first-order valence-electron chi connectivity index (χ1n) is 23.7. The summed E-state index contributed by atoms with van der Waals surface area (Å²) in [4.78, 5) is 39.7.